The van der Waals surface area contributed by atoms with Gasteiger partial charge in [0.1, 0.15) is 11.5 Å². The third-order valence-corrected chi connectivity index (χ3v) is 4.43. The zero-order valence-electron chi connectivity index (χ0n) is 14.5. The molecule has 3 rings (SSSR count). The molecule has 6 heteroatoms. The fraction of sp³-hybridized carbons (Fsp3) is 0.316. The van der Waals surface area contributed by atoms with Crippen molar-refractivity contribution in [2.24, 2.45) is 0 Å². The molecule has 1 saturated heterocycles. The molecule has 3 N–H and O–H groups in total. The van der Waals surface area contributed by atoms with Gasteiger partial charge in [0.2, 0.25) is 0 Å². The summed E-state index contributed by atoms with van der Waals surface area (Å²) < 4.78 is 10.7. The standard InChI is InChI=1S/C19H23N3O3/c1-24-15-9-14(10-16(11-15)25-2)22-8-7-13(12-22)21-19(23)17-5-3-4-6-18(17)20/h3-6,9-11,13H,7-8,12,20H2,1-2H3,(H,21,23). The second kappa shape index (κ2) is 7.34. The van der Waals surface area contributed by atoms with Crippen LogP contribution < -0.4 is 25.4 Å². The summed E-state index contributed by atoms with van der Waals surface area (Å²) in [4.78, 5) is 14.6. The highest BCUT2D eigenvalue weighted by molar-refractivity contribution is 5.99. The predicted octanol–water partition coefficient (Wildman–Crippen LogP) is 2.29. The third-order valence-electron chi connectivity index (χ3n) is 4.43. The Morgan fingerprint density at radius 3 is 2.48 bits per heavy atom. The Balaban J connectivity index is 1.68. The summed E-state index contributed by atoms with van der Waals surface area (Å²) >= 11 is 0. The minimum atomic E-state index is -0.131. The van der Waals surface area contributed by atoms with E-state index in [1.54, 1.807) is 26.4 Å². The fourth-order valence-electron chi connectivity index (χ4n) is 3.05. The van der Waals surface area contributed by atoms with Gasteiger partial charge in [0.05, 0.1) is 19.8 Å². The van der Waals surface area contributed by atoms with Crippen LogP contribution in [0.4, 0.5) is 11.4 Å². The summed E-state index contributed by atoms with van der Waals surface area (Å²) in [6, 6.07) is 13.0. The van der Waals surface area contributed by atoms with Crippen LogP contribution in [0.2, 0.25) is 0 Å². The van der Waals surface area contributed by atoms with E-state index in [0.717, 1.165) is 36.7 Å². The van der Waals surface area contributed by atoms with Gasteiger partial charge in [-0.15, -0.1) is 0 Å². The zero-order valence-corrected chi connectivity index (χ0v) is 14.5. The maximum Gasteiger partial charge on any atom is 0.253 e. The molecule has 1 unspecified atom stereocenters. The van der Waals surface area contributed by atoms with Crippen molar-refractivity contribution in [1.82, 2.24) is 5.32 Å². The Morgan fingerprint density at radius 1 is 1.16 bits per heavy atom. The lowest BCUT2D eigenvalue weighted by molar-refractivity contribution is 0.0941. The smallest absolute Gasteiger partial charge is 0.253 e. The summed E-state index contributed by atoms with van der Waals surface area (Å²) in [6.07, 6.45) is 0.873. The number of nitrogens with zero attached hydrogens (tertiary/aromatic N) is 1. The lowest BCUT2D eigenvalue weighted by Gasteiger charge is -2.20. The van der Waals surface area contributed by atoms with Crippen LogP contribution in [0.1, 0.15) is 16.8 Å². The van der Waals surface area contributed by atoms with Crippen LogP contribution in [-0.2, 0) is 0 Å². The van der Waals surface area contributed by atoms with Crippen LogP contribution in [-0.4, -0.2) is 39.3 Å². The lowest BCUT2D eigenvalue weighted by atomic mass is 10.1. The van der Waals surface area contributed by atoms with Gasteiger partial charge in [-0.25, -0.2) is 0 Å². The maximum atomic E-state index is 12.4. The first-order valence-electron chi connectivity index (χ1n) is 8.24. The molecule has 1 aliphatic heterocycles. The van der Waals surface area contributed by atoms with Crippen molar-refractivity contribution in [3.05, 3.63) is 48.0 Å². The highest BCUT2D eigenvalue weighted by Gasteiger charge is 2.25. The van der Waals surface area contributed by atoms with Gasteiger partial charge in [-0.2, -0.15) is 0 Å². The number of nitrogen functional groups attached to an aromatic ring is 1. The van der Waals surface area contributed by atoms with Crippen molar-refractivity contribution in [3.63, 3.8) is 0 Å². The molecule has 2 aromatic rings. The third kappa shape index (κ3) is 3.79. The van der Waals surface area contributed by atoms with E-state index in [1.165, 1.54) is 0 Å². The summed E-state index contributed by atoms with van der Waals surface area (Å²) in [7, 11) is 3.27. The number of methoxy groups -OCH3 is 2. The predicted molar refractivity (Wildman–Crippen MR) is 98.5 cm³/mol. The van der Waals surface area contributed by atoms with Crippen molar-refractivity contribution < 1.29 is 14.3 Å². The van der Waals surface area contributed by atoms with Gasteiger partial charge in [0.15, 0.2) is 0 Å². The molecular formula is C19H23N3O3. The molecule has 0 aliphatic carbocycles. The van der Waals surface area contributed by atoms with Crippen LogP contribution >= 0.6 is 0 Å². The number of hydrogen-bond donors (Lipinski definition) is 2. The van der Waals surface area contributed by atoms with Crippen LogP contribution in [0.25, 0.3) is 0 Å². The molecule has 0 saturated carbocycles. The first-order chi connectivity index (χ1) is 12.1. The highest BCUT2D eigenvalue weighted by Crippen LogP contribution is 2.30. The molecule has 132 valence electrons. The minimum Gasteiger partial charge on any atom is -0.497 e. The van der Waals surface area contributed by atoms with Gasteiger partial charge >= 0.3 is 0 Å². The Labute approximate surface area is 147 Å². The first-order valence-corrected chi connectivity index (χ1v) is 8.24. The quantitative estimate of drug-likeness (QED) is 0.816. The van der Waals surface area contributed by atoms with Crippen LogP contribution in [0.15, 0.2) is 42.5 Å². The number of nitrogens with one attached hydrogen (secondary N) is 1. The molecule has 0 radical (unpaired) electrons. The van der Waals surface area contributed by atoms with Gasteiger partial charge in [-0.3, -0.25) is 4.79 Å². The molecule has 0 bridgehead atoms. The van der Waals surface area contributed by atoms with E-state index < -0.39 is 0 Å². The number of hydrogen-bond acceptors (Lipinski definition) is 5. The molecule has 1 heterocycles. The fourth-order valence-corrected chi connectivity index (χ4v) is 3.05. The second-order valence-corrected chi connectivity index (χ2v) is 6.06. The van der Waals surface area contributed by atoms with Crippen molar-refractivity contribution >= 4 is 17.3 Å². The number of nitrogens with two attached hydrogens (primary N) is 1. The summed E-state index contributed by atoms with van der Waals surface area (Å²) in [5, 5.41) is 3.07. The average Bonchev–Trinajstić information content (AvgIpc) is 3.10. The number of amides is 1. The van der Waals surface area contributed by atoms with Crippen molar-refractivity contribution in [2.45, 2.75) is 12.5 Å². The normalized spacial score (nSPS) is 16.6. The SMILES string of the molecule is COc1cc(OC)cc(N2CCC(NC(=O)c3ccccc3N)C2)c1. The van der Waals surface area contributed by atoms with Crippen molar-refractivity contribution in [1.29, 1.82) is 0 Å². The topological polar surface area (TPSA) is 76.8 Å². The van der Waals surface area contributed by atoms with Crippen LogP contribution in [0.3, 0.4) is 0 Å². The zero-order chi connectivity index (χ0) is 17.8. The van der Waals surface area contributed by atoms with Crippen molar-refractivity contribution in [3.8, 4) is 11.5 Å². The number of benzene rings is 2. The van der Waals surface area contributed by atoms with E-state index in [0.29, 0.717) is 11.3 Å². The van der Waals surface area contributed by atoms with E-state index in [2.05, 4.69) is 10.2 Å². The Bertz CT molecular complexity index is 741. The van der Waals surface area contributed by atoms with Gasteiger partial charge < -0.3 is 25.4 Å². The molecular weight excluding hydrogens is 318 g/mol. The summed E-state index contributed by atoms with van der Waals surface area (Å²) in [5.41, 5.74) is 7.91. The number of anilines is 2. The number of ether oxygens (including phenoxy) is 2. The molecule has 0 spiro atoms. The molecule has 1 atom stereocenters. The molecule has 2 aromatic carbocycles. The largest absolute Gasteiger partial charge is 0.497 e. The van der Waals surface area contributed by atoms with E-state index in [1.807, 2.05) is 30.3 Å². The number of carbonyl (C=O) groups excluding carboxylic acids is 1. The van der Waals surface area contributed by atoms with E-state index >= 15 is 0 Å². The molecule has 1 fully saturated rings. The highest BCUT2D eigenvalue weighted by atomic mass is 16.5. The number of para-hydroxylation sites is 1. The van der Waals surface area contributed by atoms with E-state index in [-0.39, 0.29) is 11.9 Å². The molecule has 6 nitrogen and oxygen atoms in total. The number of carbonyl (C=O) groups is 1. The van der Waals surface area contributed by atoms with Gasteiger partial charge in [0, 0.05) is 48.7 Å². The average molecular weight is 341 g/mol. The molecule has 0 aromatic heterocycles. The van der Waals surface area contributed by atoms with Crippen LogP contribution in [0.5, 0.6) is 11.5 Å². The summed E-state index contributed by atoms with van der Waals surface area (Å²) in [5.74, 6) is 1.37. The van der Waals surface area contributed by atoms with Gasteiger partial charge in [-0.05, 0) is 18.6 Å². The molecule has 25 heavy (non-hydrogen) atoms. The lowest BCUT2D eigenvalue weighted by Crippen LogP contribution is -2.37. The van der Waals surface area contributed by atoms with E-state index in [4.69, 9.17) is 15.2 Å². The number of rotatable bonds is 5. The van der Waals surface area contributed by atoms with E-state index in [9.17, 15) is 4.79 Å². The Hall–Kier alpha value is -2.89. The van der Waals surface area contributed by atoms with Crippen molar-refractivity contribution in [2.75, 3.05) is 37.9 Å². The first kappa shape index (κ1) is 17.0. The van der Waals surface area contributed by atoms with Gasteiger partial charge in [-0.1, -0.05) is 12.1 Å². The Morgan fingerprint density at radius 2 is 1.84 bits per heavy atom. The second-order valence-electron chi connectivity index (χ2n) is 6.06. The van der Waals surface area contributed by atoms with Gasteiger partial charge in [0.25, 0.3) is 5.91 Å². The monoisotopic (exact) mass is 341 g/mol. The maximum absolute atomic E-state index is 12.4. The molecule has 1 amide bonds. The van der Waals surface area contributed by atoms with Crippen LogP contribution in [0, 0.1) is 0 Å². The summed E-state index contributed by atoms with van der Waals surface area (Å²) in [6.45, 7) is 1.58. The minimum absolute atomic E-state index is 0.0734. The molecule has 1 aliphatic rings. The Kier molecular flexibility index (Phi) is 4.97.